The molecule has 0 aromatic rings. The summed E-state index contributed by atoms with van der Waals surface area (Å²) in [6.45, 7) is 28.8. The van der Waals surface area contributed by atoms with E-state index in [4.69, 9.17) is 4.43 Å². The van der Waals surface area contributed by atoms with E-state index in [0.717, 1.165) is 5.92 Å². The van der Waals surface area contributed by atoms with Crippen LogP contribution in [0.25, 0.3) is 0 Å². The predicted octanol–water partition coefficient (Wildman–Crippen LogP) is 6.60. The first-order chi connectivity index (χ1) is 9.44. The summed E-state index contributed by atoms with van der Waals surface area (Å²) in [6, 6.07) is 0. The Balaban J connectivity index is 3.33. The average molecular weight is 327 g/mol. The lowest BCUT2D eigenvalue weighted by Crippen LogP contribution is -2.46. The van der Waals surface area contributed by atoms with Crippen molar-refractivity contribution < 1.29 is 4.43 Å². The Bertz CT molecular complexity index is 372. The molecule has 22 heavy (non-hydrogen) atoms. The standard InChI is InChI=1S/C20H42OSi/c1-18(2,3)14-13-15(19(4,5)6)17(21-22(10,11)12)16(14)20(7,8)9/h14-17H,13H2,1-12H3. The highest BCUT2D eigenvalue weighted by atomic mass is 28.4. The third kappa shape index (κ3) is 4.83. The Kier molecular flexibility index (Phi) is 5.44. The maximum absolute atomic E-state index is 6.84. The predicted molar refractivity (Wildman–Crippen MR) is 102 cm³/mol. The molecule has 1 aliphatic rings. The molecule has 1 aliphatic carbocycles. The van der Waals surface area contributed by atoms with E-state index in [2.05, 4.69) is 82.0 Å². The Labute approximate surface area is 141 Å². The molecule has 0 bridgehead atoms. The molecule has 132 valence electrons. The molecule has 0 aliphatic heterocycles. The van der Waals surface area contributed by atoms with Gasteiger partial charge in [0.15, 0.2) is 8.32 Å². The fourth-order valence-corrected chi connectivity index (χ4v) is 5.56. The molecule has 1 fully saturated rings. The second-order valence-corrected chi connectivity index (χ2v) is 16.2. The molecule has 4 unspecified atom stereocenters. The van der Waals surface area contributed by atoms with Crippen molar-refractivity contribution in [2.45, 2.75) is 94.5 Å². The molecule has 0 aromatic heterocycles. The van der Waals surface area contributed by atoms with Crippen molar-refractivity contribution in [3.8, 4) is 0 Å². The van der Waals surface area contributed by atoms with Gasteiger partial charge in [0.05, 0.1) is 6.10 Å². The van der Waals surface area contributed by atoms with E-state index >= 15 is 0 Å². The molecule has 0 spiro atoms. The van der Waals surface area contributed by atoms with E-state index in [0.29, 0.717) is 34.2 Å². The van der Waals surface area contributed by atoms with Gasteiger partial charge in [0.2, 0.25) is 0 Å². The van der Waals surface area contributed by atoms with Crippen LogP contribution in [0.15, 0.2) is 0 Å². The summed E-state index contributed by atoms with van der Waals surface area (Å²) in [5, 5.41) is 0. The van der Waals surface area contributed by atoms with E-state index in [9.17, 15) is 0 Å². The highest BCUT2D eigenvalue weighted by Crippen LogP contribution is 2.58. The molecule has 0 aromatic carbocycles. The van der Waals surface area contributed by atoms with Crippen molar-refractivity contribution in [3.63, 3.8) is 0 Å². The van der Waals surface area contributed by atoms with Crippen LogP contribution in [-0.4, -0.2) is 14.4 Å². The van der Waals surface area contributed by atoms with Crippen molar-refractivity contribution in [2.24, 2.45) is 34.0 Å². The zero-order valence-corrected chi connectivity index (χ0v) is 18.4. The van der Waals surface area contributed by atoms with Gasteiger partial charge in [0.25, 0.3) is 0 Å². The second-order valence-electron chi connectivity index (χ2n) is 11.8. The topological polar surface area (TPSA) is 9.23 Å². The van der Waals surface area contributed by atoms with Crippen molar-refractivity contribution >= 4 is 8.32 Å². The summed E-state index contributed by atoms with van der Waals surface area (Å²) in [5.41, 5.74) is 0.953. The lowest BCUT2D eigenvalue weighted by molar-refractivity contribution is -0.00345. The van der Waals surface area contributed by atoms with Gasteiger partial charge < -0.3 is 4.43 Å². The lowest BCUT2D eigenvalue weighted by atomic mass is 9.65. The number of hydrogen-bond acceptors (Lipinski definition) is 1. The van der Waals surface area contributed by atoms with Crippen LogP contribution in [0.1, 0.15) is 68.7 Å². The summed E-state index contributed by atoms with van der Waals surface area (Å²) in [6.07, 6.45) is 1.72. The van der Waals surface area contributed by atoms with Crippen molar-refractivity contribution in [2.75, 3.05) is 0 Å². The maximum atomic E-state index is 6.84. The molecule has 0 N–H and O–H groups in total. The van der Waals surface area contributed by atoms with Crippen LogP contribution >= 0.6 is 0 Å². The maximum Gasteiger partial charge on any atom is 0.184 e. The van der Waals surface area contributed by atoms with Gasteiger partial charge in [-0.15, -0.1) is 0 Å². The van der Waals surface area contributed by atoms with Gasteiger partial charge in [-0.05, 0) is 60.1 Å². The number of rotatable bonds is 2. The Hall–Kier alpha value is 0.177. The molecule has 4 atom stereocenters. The van der Waals surface area contributed by atoms with Gasteiger partial charge in [-0.3, -0.25) is 0 Å². The van der Waals surface area contributed by atoms with Gasteiger partial charge >= 0.3 is 0 Å². The van der Waals surface area contributed by atoms with E-state index < -0.39 is 8.32 Å². The SMILES string of the molecule is CC(C)(C)C1CC(C(C)(C)C)C(C(C)(C)C)C1O[Si](C)(C)C. The van der Waals surface area contributed by atoms with E-state index in [-0.39, 0.29) is 0 Å². The molecular formula is C20H42OSi. The Morgan fingerprint density at radius 1 is 0.682 bits per heavy atom. The van der Waals surface area contributed by atoms with Crippen LogP contribution in [0, 0.1) is 34.0 Å². The van der Waals surface area contributed by atoms with Crippen molar-refractivity contribution in [3.05, 3.63) is 0 Å². The fourth-order valence-electron chi connectivity index (χ4n) is 4.43. The molecule has 1 nitrogen and oxygen atoms in total. The van der Waals surface area contributed by atoms with Gasteiger partial charge in [-0.1, -0.05) is 62.3 Å². The van der Waals surface area contributed by atoms with Crippen molar-refractivity contribution in [1.82, 2.24) is 0 Å². The van der Waals surface area contributed by atoms with Crippen LogP contribution < -0.4 is 0 Å². The zero-order chi connectivity index (χ0) is 17.7. The van der Waals surface area contributed by atoms with Crippen LogP contribution in [0.5, 0.6) is 0 Å². The molecule has 1 rings (SSSR count). The van der Waals surface area contributed by atoms with Gasteiger partial charge in [-0.25, -0.2) is 0 Å². The minimum atomic E-state index is -1.55. The summed E-state index contributed by atoms with van der Waals surface area (Å²) >= 11 is 0. The average Bonchev–Trinajstić information content (AvgIpc) is 2.51. The van der Waals surface area contributed by atoms with E-state index in [1.807, 2.05) is 0 Å². The first-order valence-corrected chi connectivity index (χ1v) is 12.5. The molecule has 0 radical (unpaired) electrons. The summed E-state index contributed by atoms with van der Waals surface area (Å²) < 4.78 is 6.84. The highest BCUT2D eigenvalue weighted by Gasteiger charge is 2.55. The third-order valence-electron chi connectivity index (χ3n) is 5.41. The van der Waals surface area contributed by atoms with Crippen LogP contribution in [0.2, 0.25) is 19.6 Å². The normalized spacial score (nSPS) is 31.6. The minimum Gasteiger partial charge on any atom is -0.414 e. The second kappa shape index (κ2) is 5.92. The Morgan fingerprint density at radius 3 is 1.36 bits per heavy atom. The molecule has 2 heteroatoms. The summed E-state index contributed by atoms with van der Waals surface area (Å²) in [4.78, 5) is 0. The Morgan fingerprint density at radius 2 is 1.09 bits per heavy atom. The van der Waals surface area contributed by atoms with Crippen LogP contribution in [0.4, 0.5) is 0 Å². The first kappa shape index (κ1) is 20.2. The molecule has 1 saturated carbocycles. The van der Waals surface area contributed by atoms with Crippen molar-refractivity contribution in [1.29, 1.82) is 0 Å². The molecule has 0 amide bonds. The first-order valence-electron chi connectivity index (χ1n) is 9.12. The smallest absolute Gasteiger partial charge is 0.184 e. The summed E-state index contributed by atoms with van der Waals surface area (Å²) in [7, 11) is -1.55. The monoisotopic (exact) mass is 326 g/mol. The van der Waals surface area contributed by atoms with E-state index in [1.165, 1.54) is 6.42 Å². The molecule has 0 saturated heterocycles. The molecule has 0 heterocycles. The largest absolute Gasteiger partial charge is 0.414 e. The quantitative estimate of drug-likeness (QED) is 0.520. The van der Waals surface area contributed by atoms with Gasteiger partial charge in [0, 0.05) is 0 Å². The lowest BCUT2D eigenvalue weighted by Gasteiger charge is -2.44. The number of hydrogen-bond donors (Lipinski definition) is 0. The van der Waals surface area contributed by atoms with Crippen LogP contribution in [0.3, 0.4) is 0 Å². The molecular weight excluding hydrogens is 284 g/mol. The van der Waals surface area contributed by atoms with Gasteiger partial charge in [-0.2, -0.15) is 0 Å². The van der Waals surface area contributed by atoms with Gasteiger partial charge in [0.1, 0.15) is 0 Å². The minimum absolute atomic E-state index is 0.294. The van der Waals surface area contributed by atoms with E-state index in [1.54, 1.807) is 0 Å². The van der Waals surface area contributed by atoms with Crippen LogP contribution in [-0.2, 0) is 4.43 Å². The zero-order valence-electron chi connectivity index (χ0n) is 17.4. The fraction of sp³-hybridized carbons (Fsp3) is 1.00. The highest BCUT2D eigenvalue weighted by molar-refractivity contribution is 6.69. The summed E-state index contributed by atoms with van der Waals surface area (Å²) in [5.74, 6) is 2.04. The third-order valence-corrected chi connectivity index (χ3v) is 6.39.